The zero-order chi connectivity index (χ0) is 12.8. The second kappa shape index (κ2) is 6.63. The summed E-state index contributed by atoms with van der Waals surface area (Å²) < 4.78 is 5.54. The molecule has 2 rings (SSSR count). The maximum absolute atomic E-state index is 9.01. The average Bonchev–Trinajstić information content (AvgIpc) is 3.18. The van der Waals surface area contributed by atoms with Crippen LogP contribution in [0.1, 0.15) is 24.8 Å². The Labute approximate surface area is 113 Å². The Balaban J connectivity index is 1.69. The molecule has 3 nitrogen and oxygen atoms in total. The Kier molecular flexibility index (Phi) is 4.86. The van der Waals surface area contributed by atoms with Crippen LogP contribution >= 0.6 is 11.6 Å². The van der Waals surface area contributed by atoms with E-state index in [1.165, 1.54) is 12.8 Å². The number of nitrogens with zero attached hydrogens (tertiary/aromatic N) is 1. The number of nitriles is 1. The fourth-order valence-electron chi connectivity index (χ4n) is 1.72. The van der Waals surface area contributed by atoms with E-state index in [1.54, 1.807) is 6.07 Å². The monoisotopic (exact) mass is 264 g/mol. The Morgan fingerprint density at radius 2 is 2.28 bits per heavy atom. The summed E-state index contributed by atoms with van der Waals surface area (Å²) in [6.45, 7) is 2.46. The molecule has 96 valence electrons. The molecule has 0 unspecified atom stereocenters. The van der Waals surface area contributed by atoms with Crippen molar-refractivity contribution in [2.45, 2.75) is 19.3 Å². The van der Waals surface area contributed by atoms with Gasteiger partial charge < -0.3 is 10.1 Å². The van der Waals surface area contributed by atoms with Gasteiger partial charge in [-0.05, 0) is 37.3 Å². The Morgan fingerprint density at radius 3 is 3.00 bits per heavy atom. The van der Waals surface area contributed by atoms with E-state index in [2.05, 4.69) is 11.4 Å². The Hall–Kier alpha value is -1.24. The first-order chi connectivity index (χ1) is 8.81. The molecule has 0 saturated heterocycles. The molecule has 0 spiro atoms. The van der Waals surface area contributed by atoms with Crippen LogP contribution in [0, 0.1) is 17.2 Å². The standard InChI is InChI=1S/C14H17ClN2O/c15-13-3-1-4-14(12(13)9-16)17-7-2-8-18-10-11-5-6-11/h1,3-4,11,17H,2,5-8,10H2. The first-order valence-corrected chi connectivity index (χ1v) is 6.69. The van der Waals surface area contributed by atoms with Crippen molar-refractivity contribution in [2.24, 2.45) is 5.92 Å². The highest BCUT2D eigenvalue weighted by Gasteiger charge is 2.20. The lowest BCUT2D eigenvalue weighted by Crippen LogP contribution is -2.08. The second-order valence-corrected chi connectivity index (χ2v) is 4.98. The molecule has 18 heavy (non-hydrogen) atoms. The van der Waals surface area contributed by atoms with E-state index in [1.807, 2.05) is 12.1 Å². The summed E-state index contributed by atoms with van der Waals surface area (Å²) in [6, 6.07) is 7.55. The number of ether oxygens (including phenoxy) is 1. The van der Waals surface area contributed by atoms with Crippen LogP contribution in [0.25, 0.3) is 0 Å². The third kappa shape index (κ3) is 3.90. The topological polar surface area (TPSA) is 45.0 Å². The summed E-state index contributed by atoms with van der Waals surface area (Å²) in [5, 5.41) is 12.7. The molecule has 1 fully saturated rings. The van der Waals surface area contributed by atoms with Crippen LogP contribution in [0.2, 0.25) is 5.02 Å². The van der Waals surface area contributed by atoms with Crippen LogP contribution in [0.3, 0.4) is 0 Å². The Bertz CT molecular complexity index is 438. The SMILES string of the molecule is N#Cc1c(Cl)cccc1NCCCOCC1CC1. The van der Waals surface area contributed by atoms with E-state index >= 15 is 0 Å². The van der Waals surface area contributed by atoms with Gasteiger partial charge in [0.15, 0.2) is 0 Å². The highest BCUT2D eigenvalue weighted by atomic mass is 35.5. The molecule has 1 N–H and O–H groups in total. The van der Waals surface area contributed by atoms with Crippen LogP contribution in [0.4, 0.5) is 5.69 Å². The van der Waals surface area contributed by atoms with Crippen molar-refractivity contribution in [1.29, 1.82) is 5.26 Å². The highest BCUT2D eigenvalue weighted by molar-refractivity contribution is 6.32. The molecule has 0 bridgehead atoms. The normalized spacial score (nSPS) is 14.2. The molecule has 1 aliphatic rings. The summed E-state index contributed by atoms with van der Waals surface area (Å²) in [4.78, 5) is 0. The molecule has 0 heterocycles. The van der Waals surface area contributed by atoms with Gasteiger partial charge in [0.25, 0.3) is 0 Å². The molecule has 0 amide bonds. The zero-order valence-electron chi connectivity index (χ0n) is 10.3. The van der Waals surface area contributed by atoms with Crippen molar-refractivity contribution in [3.05, 3.63) is 28.8 Å². The van der Waals surface area contributed by atoms with Crippen LogP contribution in [-0.2, 0) is 4.74 Å². The molecule has 1 saturated carbocycles. The number of nitrogens with one attached hydrogen (secondary N) is 1. The van der Waals surface area contributed by atoms with Gasteiger partial charge >= 0.3 is 0 Å². The minimum atomic E-state index is 0.493. The van der Waals surface area contributed by atoms with Gasteiger partial charge in [0, 0.05) is 19.8 Å². The van der Waals surface area contributed by atoms with Crippen molar-refractivity contribution in [3.63, 3.8) is 0 Å². The maximum Gasteiger partial charge on any atom is 0.103 e. The fraction of sp³-hybridized carbons (Fsp3) is 0.500. The smallest absolute Gasteiger partial charge is 0.103 e. The summed E-state index contributed by atoms with van der Waals surface area (Å²) in [6.07, 6.45) is 3.59. The number of hydrogen-bond donors (Lipinski definition) is 1. The quantitative estimate of drug-likeness (QED) is 0.768. The molecular formula is C14H17ClN2O. The lowest BCUT2D eigenvalue weighted by atomic mass is 10.2. The van der Waals surface area contributed by atoms with E-state index < -0.39 is 0 Å². The summed E-state index contributed by atoms with van der Waals surface area (Å²) in [7, 11) is 0. The van der Waals surface area contributed by atoms with Crippen LogP contribution in [0.15, 0.2) is 18.2 Å². The van der Waals surface area contributed by atoms with Gasteiger partial charge in [-0.15, -0.1) is 0 Å². The van der Waals surface area contributed by atoms with Crippen LogP contribution in [-0.4, -0.2) is 19.8 Å². The van der Waals surface area contributed by atoms with Crippen molar-refractivity contribution < 1.29 is 4.74 Å². The van der Waals surface area contributed by atoms with Gasteiger partial charge in [0.1, 0.15) is 6.07 Å². The van der Waals surface area contributed by atoms with Crippen LogP contribution < -0.4 is 5.32 Å². The van der Waals surface area contributed by atoms with Gasteiger partial charge in [0.05, 0.1) is 16.3 Å². The second-order valence-electron chi connectivity index (χ2n) is 4.57. The van der Waals surface area contributed by atoms with Crippen molar-refractivity contribution in [1.82, 2.24) is 0 Å². The Morgan fingerprint density at radius 1 is 1.44 bits per heavy atom. The molecule has 1 aliphatic carbocycles. The molecule has 0 atom stereocenters. The van der Waals surface area contributed by atoms with E-state index in [0.29, 0.717) is 10.6 Å². The molecule has 1 aromatic carbocycles. The maximum atomic E-state index is 9.01. The van der Waals surface area contributed by atoms with E-state index in [4.69, 9.17) is 21.6 Å². The fourth-order valence-corrected chi connectivity index (χ4v) is 1.93. The number of hydrogen-bond acceptors (Lipinski definition) is 3. The predicted octanol–water partition coefficient (Wildman–Crippen LogP) is 3.44. The summed E-state index contributed by atoms with van der Waals surface area (Å²) in [5.74, 6) is 0.816. The minimum absolute atomic E-state index is 0.493. The largest absolute Gasteiger partial charge is 0.384 e. The molecule has 1 aromatic rings. The predicted molar refractivity (Wildman–Crippen MR) is 72.8 cm³/mol. The van der Waals surface area contributed by atoms with Gasteiger partial charge in [-0.2, -0.15) is 5.26 Å². The average molecular weight is 265 g/mol. The third-order valence-electron chi connectivity index (χ3n) is 2.96. The van der Waals surface area contributed by atoms with Crippen molar-refractivity contribution in [2.75, 3.05) is 25.1 Å². The molecule has 0 aromatic heterocycles. The van der Waals surface area contributed by atoms with E-state index in [9.17, 15) is 0 Å². The first kappa shape index (κ1) is 13.2. The lowest BCUT2D eigenvalue weighted by molar-refractivity contribution is 0.124. The van der Waals surface area contributed by atoms with Gasteiger partial charge in [0.2, 0.25) is 0 Å². The number of benzene rings is 1. The van der Waals surface area contributed by atoms with Gasteiger partial charge in [-0.25, -0.2) is 0 Å². The molecule has 4 heteroatoms. The molecule has 0 radical (unpaired) electrons. The van der Waals surface area contributed by atoms with Crippen LogP contribution in [0.5, 0.6) is 0 Å². The lowest BCUT2D eigenvalue weighted by Gasteiger charge is -2.09. The molecule has 0 aliphatic heterocycles. The van der Waals surface area contributed by atoms with E-state index in [-0.39, 0.29) is 0 Å². The van der Waals surface area contributed by atoms with Gasteiger partial charge in [-0.3, -0.25) is 0 Å². The van der Waals surface area contributed by atoms with Crippen molar-refractivity contribution in [3.8, 4) is 6.07 Å². The zero-order valence-corrected chi connectivity index (χ0v) is 11.0. The molecular weight excluding hydrogens is 248 g/mol. The highest BCUT2D eigenvalue weighted by Crippen LogP contribution is 2.28. The number of anilines is 1. The number of rotatable bonds is 7. The summed E-state index contributed by atoms with van der Waals surface area (Å²) in [5.41, 5.74) is 1.31. The van der Waals surface area contributed by atoms with E-state index in [0.717, 1.165) is 37.8 Å². The number of halogens is 1. The summed E-state index contributed by atoms with van der Waals surface area (Å²) >= 11 is 5.95. The van der Waals surface area contributed by atoms with Crippen molar-refractivity contribution >= 4 is 17.3 Å². The minimum Gasteiger partial charge on any atom is -0.384 e. The first-order valence-electron chi connectivity index (χ1n) is 6.31. The van der Waals surface area contributed by atoms with Gasteiger partial charge in [-0.1, -0.05) is 17.7 Å². The third-order valence-corrected chi connectivity index (χ3v) is 3.27.